The first-order chi connectivity index (χ1) is 17.3. The van der Waals surface area contributed by atoms with Crippen molar-refractivity contribution in [1.29, 1.82) is 0 Å². The van der Waals surface area contributed by atoms with Gasteiger partial charge in [0, 0.05) is 29.8 Å². The number of amides is 1. The maximum absolute atomic E-state index is 13.2. The predicted molar refractivity (Wildman–Crippen MR) is 138 cm³/mol. The first kappa shape index (κ1) is 25.5. The number of methoxy groups -OCH3 is 1. The molecule has 1 aromatic carbocycles. The smallest absolute Gasteiger partial charge is 0.225 e. The second-order valence-electron chi connectivity index (χ2n) is 10.9. The molecule has 2 aliphatic carbocycles. The molecule has 7 nitrogen and oxygen atoms in total. The first-order valence-corrected chi connectivity index (χ1v) is 13.9. The van der Waals surface area contributed by atoms with Gasteiger partial charge in [-0.1, -0.05) is 20.8 Å². The molecule has 6 atom stereocenters. The largest absolute Gasteiger partial charge is 0.497 e. The molecule has 1 saturated heterocycles. The van der Waals surface area contributed by atoms with Crippen LogP contribution in [0.15, 0.2) is 24.3 Å². The molecule has 1 N–H and O–H groups in total. The molecule has 2 fully saturated rings. The van der Waals surface area contributed by atoms with Crippen LogP contribution in [0, 0.1) is 23.2 Å². The van der Waals surface area contributed by atoms with Gasteiger partial charge in [0.2, 0.25) is 5.91 Å². The lowest BCUT2D eigenvalue weighted by atomic mass is 9.53. The van der Waals surface area contributed by atoms with E-state index in [9.17, 15) is 9.90 Å². The van der Waals surface area contributed by atoms with Crippen LogP contribution in [-0.4, -0.2) is 60.4 Å². The van der Waals surface area contributed by atoms with Crippen molar-refractivity contribution in [1.82, 2.24) is 9.88 Å². The van der Waals surface area contributed by atoms with Crippen LogP contribution in [0.4, 0.5) is 0 Å². The van der Waals surface area contributed by atoms with Crippen molar-refractivity contribution in [2.24, 2.45) is 23.2 Å². The van der Waals surface area contributed by atoms with Crippen LogP contribution in [0.25, 0.3) is 0 Å². The summed E-state index contributed by atoms with van der Waals surface area (Å²) < 4.78 is 16.6. The molecule has 3 aliphatic rings. The molecular weight excluding hydrogens is 476 g/mol. The highest BCUT2D eigenvalue weighted by Gasteiger charge is 2.54. The second kappa shape index (κ2) is 10.3. The molecule has 6 unspecified atom stereocenters. The van der Waals surface area contributed by atoms with E-state index >= 15 is 0 Å². The number of nitrogens with zero attached hydrogens (tertiary/aromatic N) is 2. The Morgan fingerprint density at radius 3 is 2.67 bits per heavy atom. The molecule has 2 heterocycles. The number of ether oxygens (including phenoxy) is 3. The van der Waals surface area contributed by atoms with Gasteiger partial charge < -0.3 is 24.2 Å². The molecule has 0 radical (unpaired) electrons. The van der Waals surface area contributed by atoms with E-state index < -0.39 is 6.10 Å². The third-order valence-corrected chi connectivity index (χ3v) is 9.79. The number of benzene rings is 1. The number of morpholine rings is 1. The predicted octanol–water partition coefficient (Wildman–Crippen LogP) is 4.28. The van der Waals surface area contributed by atoms with Crippen molar-refractivity contribution in [2.45, 2.75) is 58.7 Å². The van der Waals surface area contributed by atoms with Crippen LogP contribution in [0.3, 0.4) is 0 Å². The van der Waals surface area contributed by atoms with Crippen LogP contribution in [0.2, 0.25) is 0 Å². The topological polar surface area (TPSA) is 81.1 Å². The van der Waals surface area contributed by atoms with E-state index in [0.29, 0.717) is 32.9 Å². The average molecular weight is 515 g/mol. The molecule has 1 aromatic heterocycles. The molecule has 1 aliphatic heterocycles. The average Bonchev–Trinajstić information content (AvgIpc) is 3.30. The first-order valence-electron chi connectivity index (χ1n) is 13.1. The Kier molecular flexibility index (Phi) is 7.30. The minimum Gasteiger partial charge on any atom is -0.497 e. The van der Waals surface area contributed by atoms with Gasteiger partial charge in [-0.15, -0.1) is 11.3 Å². The zero-order valence-electron chi connectivity index (χ0n) is 21.7. The quantitative estimate of drug-likeness (QED) is 0.620. The number of carbonyl (C=O) groups is 1. The highest BCUT2D eigenvalue weighted by molar-refractivity contribution is 7.11. The van der Waals surface area contributed by atoms with E-state index in [1.807, 2.05) is 36.1 Å². The normalized spacial score (nSPS) is 30.8. The van der Waals surface area contributed by atoms with Gasteiger partial charge in [-0.2, -0.15) is 0 Å². The second-order valence-corrected chi connectivity index (χ2v) is 12.1. The summed E-state index contributed by atoms with van der Waals surface area (Å²) >= 11 is 1.74. The lowest BCUT2D eigenvalue weighted by Gasteiger charge is -2.53. The van der Waals surface area contributed by atoms with Crippen molar-refractivity contribution in [3.63, 3.8) is 0 Å². The number of aliphatic hydroxyl groups is 1. The number of thiazole rings is 1. The summed E-state index contributed by atoms with van der Waals surface area (Å²) in [5, 5.41) is 12.7. The van der Waals surface area contributed by atoms with Crippen molar-refractivity contribution in [3.05, 3.63) is 39.8 Å². The molecule has 1 amide bonds. The molecular formula is C28H38N2O5S. The Hall–Kier alpha value is -2.16. The zero-order chi connectivity index (χ0) is 25.4. The van der Waals surface area contributed by atoms with Crippen molar-refractivity contribution < 1.29 is 24.1 Å². The number of fused-ring (bicyclic) bond motifs is 2. The van der Waals surface area contributed by atoms with E-state index in [0.717, 1.165) is 41.5 Å². The lowest BCUT2D eigenvalue weighted by Crippen LogP contribution is -2.54. The zero-order valence-corrected chi connectivity index (χ0v) is 22.6. The number of hydrogen-bond acceptors (Lipinski definition) is 7. The fourth-order valence-corrected chi connectivity index (χ4v) is 8.01. The van der Waals surface area contributed by atoms with E-state index in [1.165, 1.54) is 4.88 Å². The third kappa shape index (κ3) is 4.75. The van der Waals surface area contributed by atoms with Gasteiger partial charge in [0.15, 0.2) is 0 Å². The number of aliphatic hydroxyl groups excluding tert-OH is 1. The molecule has 196 valence electrons. The van der Waals surface area contributed by atoms with Crippen LogP contribution in [0.5, 0.6) is 11.5 Å². The highest BCUT2D eigenvalue weighted by atomic mass is 32.1. The van der Waals surface area contributed by atoms with E-state index in [-0.39, 0.29) is 35.0 Å². The molecule has 2 aromatic rings. The van der Waals surface area contributed by atoms with Crippen LogP contribution in [0.1, 0.15) is 55.1 Å². The Bertz CT molecular complexity index is 1070. The van der Waals surface area contributed by atoms with Gasteiger partial charge in [0.05, 0.1) is 32.1 Å². The van der Waals surface area contributed by atoms with Gasteiger partial charge in [0.1, 0.15) is 23.1 Å². The standard InChI is InChI=1S/C28H38N2O5S/c1-17(27(32)30-11-13-34-14-12-30)21-9-10-28(3)15-22-25(18(2)24(28)26(21)31)29-23(36-22)16-35-20-7-5-19(33-4)6-8-20/h5-8,17-18,21,24,26,31H,9-16H2,1-4H3. The Labute approximate surface area is 217 Å². The minimum absolute atomic E-state index is 0.00467. The van der Waals surface area contributed by atoms with Crippen LogP contribution >= 0.6 is 11.3 Å². The summed E-state index contributed by atoms with van der Waals surface area (Å²) in [6.07, 6.45) is 2.29. The Morgan fingerprint density at radius 2 is 1.97 bits per heavy atom. The fourth-order valence-electron chi connectivity index (χ4n) is 6.73. The van der Waals surface area contributed by atoms with Gasteiger partial charge in [-0.3, -0.25) is 4.79 Å². The van der Waals surface area contributed by atoms with Crippen molar-refractivity contribution in [3.8, 4) is 11.5 Å². The SMILES string of the molecule is COc1ccc(OCc2nc3c(s2)CC2(C)CCC(C(C)C(=O)N4CCOCC4)C(O)C2C3C)cc1. The number of carbonyl (C=O) groups excluding carboxylic acids is 1. The summed E-state index contributed by atoms with van der Waals surface area (Å²) in [5.74, 6) is 1.74. The molecule has 36 heavy (non-hydrogen) atoms. The summed E-state index contributed by atoms with van der Waals surface area (Å²) in [7, 11) is 1.65. The lowest BCUT2D eigenvalue weighted by molar-refractivity contribution is -0.148. The van der Waals surface area contributed by atoms with Gasteiger partial charge >= 0.3 is 0 Å². The monoisotopic (exact) mass is 514 g/mol. The highest BCUT2D eigenvalue weighted by Crippen LogP contribution is 2.57. The molecule has 1 saturated carbocycles. The number of aromatic nitrogens is 1. The summed E-state index contributed by atoms with van der Waals surface area (Å²) in [5.41, 5.74) is 1.10. The van der Waals surface area contributed by atoms with Gasteiger partial charge in [-0.05, 0) is 60.8 Å². The Balaban J connectivity index is 1.30. The van der Waals surface area contributed by atoms with Gasteiger partial charge in [-0.25, -0.2) is 4.98 Å². The van der Waals surface area contributed by atoms with Crippen LogP contribution < -0.4 is 9.47 Å². The number of hydrogen-bond donors (Lipinski definition) is 1. The molecule has 0 bridgehead atoms. The maximum Gasteiger partial charge on any atom is 0.225 e. The van der Waals surface area contributed by atoms with Crippen LogP contribution in [-0.2, 0) is 22.6 Å². The third-order valence-electron chi connectivity index (χ3n) is 8.74. The van der Waals surface area contributed by atoms with E-state index in [4.69, 9.17) is 19.2 Å². The maximum atomic E-state index is 13.2. The Morgan fingerprint density at radius 1 is 1.28 bits per heavy atom. The van der Waals surface area contributed by atoms with E-state index in [1.54, 1.807) is 18.4 Å². The summed E-state index contributed by atoms with van der Waals surface area (Å²) in [4.78, 5) is 21.4. The molecule has 5 rings (SSSR count). The molecule has 0 spiro atoms. The minimum atomic E-state index is -0.521. The van der Waals surface area contributed by atoms with Crippen molar-refractivity contribution in [2.75, 3.05) is 33.4 Å². The molecule has 8 heteroatoms. The van der Waals surface area contributed by atoms with E-state index in [2.05, 4.69) is 13.8 Å². The summed E-state index contributed by atoms with van der Waals surface area (Å²) in [6, 6.07) is 7.58. The van der Waals surface area contributed by atoms with Gasteiger partial charge in [0.25, 0.3) is 0 Å². The number of rotatable bonds is 6. The fraction of sp³-hybridized carbons (Fsp3) is 0.643. The summed E-state index contributed by atoms with van der Waals surface area (Å²) in [6.45, 7) is 9.44. The van der Waals surface area contributed by atoms with Crippen molar-refractivity contribution >= 4 is 17.2 Å².